The topological polar surface area (TPSA) is 100 Å². The molecule has 19 heavy (non-hydrogen) atoms. The summed E-state index contributed by atoms with van der Waals surface area (Å²) in [6.45, 7) is 0. The number of carbonyl (C=O) groups is 2. The molecule has 1 aromatic carbocycles. The van der Waals surface area contributed by atoms with Gasteiger partial charge in [0.15, 0.2) is 5.78 Å². The summed E-state index contributed by atoms with van der Waals surface area (Å²) in [5, 5.41) is 8.65. The number of rotatable bonds is 3. The van der Waals surface area contributed by atoms with Crippen LogP contribution in [0.3, 0.4) is 0 Å². The number of carbonyl (C=O) groups excluding carboxylic acids is 1. The van der Waals surface area contributed by atoms with Crippen LogP contribution in [0.4, 0.5) is 0 Å². The highest BCUT2D eigenvalue weighted by Gasteiger charge is 2.15. The summed E-state index contributed by atoms with van der Waals surface area (Å²) in [5.74, 6) is -2.44. The van der Waals surface area contributed by atoms with Crippen molar-refractivity contribution in [2.75, 3.05) is 0 Å². The van der Waals surface area contributed by atoms with Crippen LogP contribution in [0.2, 0.25) is 0 Å². The zero-order chi connectivity index (χ0) is 14.0. The van der Waals surface area contributed by atoms with E-state index >= 15 is 0 Å². The van der Waals surface area contributed by atoms with E-state index in [4.69, 9.17) is 13.0 Å². The summed E-state index contributed by atoms with van der Waals surface area (Å²) < 4.78 is 0. The lowest BCUT2D eigenvalue weighted by Gasteiger charge is -2.01. The van der Waals surface area contributed by atoms with Crippen molar-refractivity contribution in [3.8, 4) is 0 Å². The van der Waals surface area contributed by atoms with Crippen LogP contribution >= 0.6 is 0 Å². The number of ketones is 1. The van der Waals surface area contributed by atoms with Crippen molar-refractivity contribution < 1.29 is 14.7 Å². The molecule has 0 atom stereocenters. The fourth-order valence-corrected chi connectivity index (χ4v) is 1.46. The number of carboxylic acids is 1. The first-order valence-corrected chi connectivity index (χ1v) is 5.22. The summed E-state index contributed by atoms with van der Waals surface area (Å²) >= 11 is 0. The summed E-state index contributed by atoms with van der Waals surface area (Å²) in [6.07, 6.45) is 0.945. The molecule has 92 valence electrons. The zero-order valence-corrected chi connectivity index (χ0v) is 9.58. The van der Waals surface area contributed by atoms with E-state index in [1.54, 1.807) is 0 Å². The normalized spacial score (nSPS) is 10.1. The Morgan fingerprint density at radius 1 is 1.21 bits per heavy atom. The molecule has 7 heteroatoms. The Morgan fingerprint density at radius 3 is 2.37 bits per heavy atom. The van der Waals surface area contributed by atoms with E-state index in [0.717, 1.165) is 6.20 Å². The van der Waals surface area contributed by atoms with E-state index in [2.05, 4.69) is 4.98 Å². The highest BCUT2D eigenvalue weighted by atomic mass is 16.4. The van der Waals surface area contributed by atoms with E-state index in [0.29, 0.717) is 5.46 Å². The second-order valence-corrected chi connectivity index (χ2v) is 3.73. The lowest BCUT2D eigenvalue weighted by atomic mass is 9.94. The predicted molar refractivity (Wildman–Crippen MR) is 67.1 cm³/mol. The minimum absolute atomic E-state index is 0.227. The first kappa shape index (κ1) is 12.8. The van der Waals surface area contributed by atoms with Crippen molar-refractivity contribution in [3.63, 3.8) is 0 Å². The van der Waals surface area contributed by atoms with E-state index in [1.807, 2.05) is 4.98 Å². The van der Waals surface area contributed by atoms with Gasteiger partial charge in [0.2, 0.25) is 5.82 Å². The first-order valence-electron chi connectivity index (χ1n) is 5.22. The van der Waals surface area contributed by atoms with Gasteiger partial charge >= 0.3 is 5.97 Å². The molecule has 1 aromatic heterocycles. The smallest absolute Gasteiger partial charge is 0.372 e. The molecule has 0 fully saturated rings. The molecule has 0 unspecified atom stereocenters. The molecule has 1 heterocycles. The van der Waals surface area contributed by atoms with Gasteiger partial charge in [0, 0.05) is 11.8 Å². The number of hydrogen-bond acceptors (Lipinski definition) is 4. The van der Waals surface area contributed by atoms with Crippen LogP contribution in [-0.4, -0.2) is 34.7 Å². The third-order valence-electron chi connectivity index (χ3n) is 2.42. The van der Waals surface area contributed by atoms with Crippen LogP contribution in [-0.2, 0) is 0 Å². The minimum atomic E-state index is -1.37. The molecule has 0 aliphatic carbocycles. The highest BCUT2D eigenvalue weighted by Crippen LogP contribution is 2.04. The lowest BCUT2D eigenvalue weighted by Crippen LogP contribution is -2.22. The summed E-state index contributed by atoms with van der Waals surface area (Å²) in [4.78, 5) is 39.8. The van der Waals surface area contributed by atoms with E-state index < -0.39 is 23.1 Å². The maximum Gasteiger partial charge on any atom is 0.372 e. The second-order valence-electron chi connectivity index (χ2n) is 3.73. The summed E-state index contributed by atoms with van der Waals surface area (Å²) in [7, 11) is 5.49. The number of aromatic nitrogens is 2. The van der Waals surface area contributed by atoms with Gasteiger partial charge in [-0.3, -0.25) is 9.59 Å². The SMILES string of the molecule is [B]c1ccc(C(=O)c2cnc(C(=O)O)[nH]c2=O)cc1. The number of carboxylic acid groups (broad SMARTS) is 1. The molecule has 2 radical (unpaired) electrons. The maximum atomic E-state index is 12.0. The molecule has 0 aliphatic rings. The van der Waals surface area contributed by atoms with Gasteiger partial charge in [-0.05, 0) is 0 Å². The van der Waals surface area contributed by atoms with Crippen LogP contribution in [0.5, 0.6) is 0 Å². The Bertz CT molecular complexity index is 706. The van der Waals surface area contributed by atoms with Gasteiger partial charge in [0.25, 0.3) is 5.56 Å². The third-order valence-corrected chi connectivity index (χ3v) is 2.42. The second kappa shape index (κ2) is 4.89. The maximum absolute atomic E-state index is 12.0. The fourth-order valence-electron chi connectivity index (χ4n) is 1.46. The average molecular weight is 254 g/mol. The van der Waals surface area contributed by atoms with E-state index in [-0.39, 0.29) is 11.1 Å². The molecule has 0 spiro atoms. The van der Waals surface area contributed by atoms with Gasteiger partial charge < -0.3 is 10.1 Å². The largest absolute Gasteiger partial charge is 0.475 e. The molecule has 2 rings (SSSR count). The number of aromatic amines is 1. The standard InChI is InChI=1S/C12H7BN2O4/c13-7-3-1-6(2-4-7)9(16)8-5-14-10(12(18)19)15-11(8)17/h1-5H,(H,18,19)(H,14,15,17). The molecule has 6 nitrogen and oxygen atoms in total. The van der Waals surface area contributed by atoms with Gasteiger partial charge in [0.1, 0.15) is 13.4 Å². The van der Waals surface area contributed by atoms with E-state index in [1.165, 1.54) is 24.3 Å². The van der Waals surface area contributed by atoms with Crippen molar-refractivity contribution in [1.29, 1.82) is 0 Å². The van der Waals surface area contributed by atoms with Gasteiger partial charge in [-0.25, -0.2) is 9.78 Å². The lowest BCUT2D eigenvalue weighted by molar-refractivity contribution is 0.0682. The highest BCUT2D eigenvalue weighted by molar-refractivity contribution is 6.32. The number of hydrogen-bond donors (Lipinski definition) is 2. The molecule has 0 aliphatic heterocycles. The molecular formula is C12H7BN2O4. The Hall–Kier alpha value is -2.70. The Labute approximate surface area is 108 Å². The van der Waals surface area contributed by atoms with Crippen molar-refractivity contribution in [2.45, 2.75) is 0 Å². The van der Waals surface area contributed by atoms with Crippen LogP contribution in [0, 0.1) is 0 Å². The van der Waals surface area contributed by atoms with Crippen molar-refractivity contribution >= 4 is 25.1 Å². The van der Waals surface area contributed by atoms with E-state index in [9.17, 15) is 14.4 Å². The van der Waals surface area contributed by atoms with Crippen molar-refractivity contribution in [1.82, 2.24) is 9.97 Å². The van der Waals surface area contributed by atoms with Crippen LogP contribution in [0.25, 0.3) is 0 Å². The van der Waals surface area contributed by atoms with Crippen LogP contribution in [0.15, 0.2) is 35.3 Å². The Balaban J connectivity index is 2.42. The Kier molecular flexibility index (Phi) is 3.28. The average Bonchev–Trinajstić information content (AvgIpc) is 2.38. The van der Waals surface area contributed by atoms with Gasteiger partial charge in [-0.15, -0.1) is 0 Å². The molecule has 0 amide bonds. The van der Waals surface area contributed by atoms with Crippen LogP contribution < -0.4 is 11.0 Å². The molecule has 2 aromatic rings. The monoisotopic (exact) mass is 254 g/mol. The number of nitrogens with zero attached hydrogens (tertiary/aromatic N) is 1. The molecule has 2 N–H and O–H groups in total. The Morgan fingerprint density at radius 2 is 1.84 bits per heavy atom. The fraction of sp³-hybridized carbons (Fsp3) is 0. The minimum Gasteiger partial charge on any atom is -0.475 e. The number of nitrogens with one attached hydrogen (secondary N) is 1. The van der Waals surface area contributed by atoms with Crippen LogP contribution in [0.1, 0.15) is 26.5 Å². The number of aromatic carboxylic acids is 1. The third kappa shape index (κ3) is 2.60. The van der Waals surface area contributed by atoms with Crippen molar-refractivity contribution in [2.24, 2.45) is 0 Å². The molecule has 0 saturated carbocycles. The zero-order valence-electron chi connectivity index (χ0n) is 9.58. The first-order chi connectivity index (χ1) is 8.99. The number of benzene rings is 1. The summed E-state index contributed by atoms with van der Waals surface area (Å²) in [5.41, 5.74) is -0.265. The van der Waals surface area contributed by atoms with Gasteiger partial charge in [-0.2, -0.15) is 0 Å². The molecule has 0 saturated heterocycles. The molecule has 0 bridgehead atoms. The summed E-state index contributed by atoms with van der Waals surface area (Å²) in [6, 6.07) is 6.01. The predicted octanol–water partition coefficient (Wildman–Crippen LogP) is -0.507. The molecular weight excluding hydrogens is 247 g/mol. The quantitative estimate of drug-likeness (QED) is 0.567. The van der Waals surface area contributed by atoms with Crippen molar-refractivity contribution in [3.05, 3.63) is 57.8 Å². The van der Waals surface area contributed by atoms with Gasteiger partial charge in [-0.1, -0.05) is 29.7 Å². The number of H-pyrrole nitrogens is 1. The van der Waals surface area contributed by atoms with Gasteiger partial charge in [0.05, 0.1) is 0 Å².